The molecular weight excluding hydrogens is 378 g/mol. The number of aromatic nitrogens is 3. The standard InChI is InChI=1S/C21H20F2N4O2/c1-2-29-20(28)8-5-14-13-24-27-11-9-19(25-21(14)27)26-10-3-4-18(26)16-12-15(22)6-7-17(16)23/h5-9,11-13,18H,2-4,10H2,1H3/b8-5+. The van der Waals surface area contributed by atoms with E-state index in [9.17, 15) is 13.6 Å². The molecule has 2 aromatic heterocycles. The van der Waals surface area contributed by atoms with Gasteiger partial charge in [-0.3, -0.25) is 0 Å². The van der Waals surface area contributed by atoms with Gasteiger partial charge in [0.25, 0.3) is 0 Å². The van der Waals surface area contributed by atoms with Gasteiger partial charge in [0.15, 0.2) is 5.65 Å². The molecule has 1 atom stereocenters. The van der Waals surface area contributed by atoms with Crippen LogP contribution in [0.25, 0.3) is 11.7 Å². The van der Waals surface area contributed by atoms with Crippen molar-refractivity contribution in [2.75, 3.05) is 18.1 Å². The maximum atomic E-state index is 14.3. The summed E-state index contributed by atoms with van der Waals surface area (Å²) in [4.78, 5) is 18.2. The van der Waals surface area contributed by atoms with Gasteiger partial charge in [-0.1, -0.05) is 0 Å². The first-order valence-electron chi connectivity index (χ1n) is 9.47. The molecule has 8 heteroatoms. The van der Waals surface area contributed by atoms with Crippen molar-refractivity contribution in [2.45, 2.75) is 25.8 Å². The minimum atomic E-state index is -0.459. The number of hydrogen-bond acceptors (Lipinski definition) is 5. The third kappa shape index (κ3) is 3.83. The number of carbonyl (C=O) groups excluding carboxylic acids is 1. The lowest BCUT2D eigenvalue weighted by Gasteiger charge is -2.26. The first-order chi connectivity index (χ1) is 14.1. The van der Waals surface area contributed by atoms with Gasteiger partial charge >= 0.3 is 5.97 Å². The van der Waals surface area contributed by atoms with Crippen molar-refractivity contribution in [3.8, 4) is 0 Å². The fourth-order valence-corrected chi connectivity index (χ4v) is 3.64. The summed E-state index contributed by atoms with van der Waals surface area (Å²) in [5, 5.41) is 4.24. The number of carbonyl (C=O) groups is 1. The predicted molar refractivity (Wildman–Crippen MR) is 104 cm³/mol. The van der Waals surface area contributed by atoms with Crippen LogP contribution in [-0.2, 0) is 9.53 Å². The molecule has 0 bridgehead atoms. The van der Waals surface area contributed by atoms with Crippen LogP contribution < -0.4 is 4.90 Å². The van der Waals surface area contributed by atoms with Gasteiger partial charge in [-0.2, -0.15) is 5.10 Å². The Kier molecular flexibility index (Phi) is 5.24. The highest BCUT2D eigenvalue weighted by atomic mass is 19.1. The number of esters is 1. The van der Waals surface area contributed by atoms with Gasteiger partial charge in [-0.15, -0.1) is 0 Å². The zero-order valence-electron chi connectivity index (χ0n) is 15.9. The normalized spacial score (nSPS) is 16.8. The number of rotatable bonds is 5. The Labute approximate surface area is 166 Å². The molecule has 6 nitrogen and oxygen atoms in total. The Hall–Kier alpha value is -3.29. The summed E-state index contributed by atoms with van der Waals surface area (Å²) in [6.07, 6.45) is 7.86. The number of halogens is 2. The molecule has 1 saturated heterocycles. The highest BCUT2D eigenvalue weighted by Crippen LogP contribution is 2.36. The number of fused-ring (bicyclic) bond motifs is 1. The first-order valence-corrected chi connectivity index (χ1v) is 9.47. The van der Waals surface area contributed by atoms with E-state index in [1.807, 2.05) is 4.90 Å². The molecule has 0 N–H and O–H groups in total. The van der Waals surface area contributed by atoms with Crippen molar-refractivity contribution < 1.29 is 18.3 Å². The summed E-state index contributed by atoms with van der Waals surface area (Å²) in [6.45, 7) is 2.72. The van der Waals surface area contributed by atoms with Crippen molar-refractivity contribution in [3.05, 3.63) is 65.5 Å². The zero-order chi connectivity index (χ0) is 20.4. The summed E-state index contributed by atoms with van der Waals surface area (Å²) in [5.74, 6) is -0.676. The van der Waals surface area contributed by atoms with Crippen LogP contribution in [0.4, 0.5) is 14.6 Å². The van der Waals surface area contributed by atoms with E-state index in [1.54, 1.807) is 36.0 Å². The van der Waals surface area contributed by atoms with Crippen molar-refractivity contribution in [1.82, 2.24) is 14.6 Å². The van der Waals surface area contributed by atoms with Crippen LogP contribution in [0.1, 0.15) is 36.9 Å². The molecule has 150 valence electrons. The van der Waals surface area contributed by atoms with E-state index in [4.69, 9.17) is 4.74 Å². The van der Waals surface area contributed by atoms with Gasteiger partial charge in [0, 0.05) is 29.9 Å². The van der Waals surface area contributed by atoms with E-state index in [0.717, 1.165) is 18.6 Å². The zero-order valence-corrected chi connectivity index (χ0v) is 15.9. The third-order valence-electron chi connectivity index (χ3n) is 4.93. The van der Waals surface area contributed by atoms with E-state index < -0.39 is 17.6 Å². The van der Waals surface area contributed by atoms with Crippen LogP contribution in [-0.4, -0.2) is 33.7 Å². The van der Waals surface area contributed by atoms with E-state index in [-0.39, 0.29) is 6.04 Å². The summed E-state index contributed by atoms with van der Waals surface area (Å²) in [7, 11) is 0. The van der Waals surface area contributed by atoms with Crippen molar-refractivity contribution in [3.63, 3.8) is 0 Å². The highest BCUT2D eigenvalue weighted by Gasteiger charge is 2.29. The molecule has 0 spiro atoms. The average Bonchev–Trinajstić information content (AvgIpc) is 3.35. The first kappa shape index (κ1) is 19.0. The summed E-state index contributed by atoms with van der Waals surface area (Å²) < 4.78 is 34.5. The monoisotopic (exact) mass is 398 g/mol. The number of hydrogen-bond donors (Lipinski definition) is 0. The summed E-state index contributed by atoms with van der Waals surface area (Å²) >= 11 is 0. The molecule has 0 saturated carbocycles. The van der Waals surface area contributed by atoms with Gasteiger partial charge in [-0.25, -0.2) is 23.1 Å². The Morgan fingerprint density at radius 2 is 2.21 bits per heavy atom. The van der Waals surface area contributed by atoms with Crippen LogP contribution in [0.2, 0.25) is 0 Å². The van der Waals surface area contributed by atoms with Crippen molar-refractivity contribution >= 4 is 23.5 Å². The smallest absolute Gasteiger partial charge is 0.330 e. The number of benzene rings is 1. The summed E-state index contributed by atoms with van der Waals surface area (Å²) in [6, 6.07) is 5.05. The number of ether oxygens (including phenoxy) is 1. The fourth-order valence-electron chi connectivity index (χ4n) is 3.64. The minimum Gasteiger partial charge on any atom is -0.463 e. The topological polar surface area (TPSA) is 59.7 Å². The lowest BCUT2D eigenvalue weighted by molar-refractivity contribution is -0.137. The van der Waals surface area contributed by atoms with Gasteiger partial charge in [0.1, 0.15) is 17.5 Å². The molecule has 0 radical (unpaired) electrons. The largest absolute Gasteiger partial charge is 0.463 e. The minimum absolute atomic E-state index is 0.290. The predicted octanol–water partition coefficient (Wildman–Crippen LogP) is 3.93. The lowest BCUT2D eigenvalue weighted by Crippen LogP contribution is -2.24. The van der Waals surface area contributed by atoms with E-state index >= 15 is 0 Å². The fraction of sp³-hybridized carbons (Fsp3) is 0.286. The van der Waals surface area contributed by atoms with Gasteiger partial charge < -0.3 is 9.64 Å². The molecule has 1 fully saturated rings. The molecule has 1 unspecified atom stereocenters. The van der Waals surface area contributed by atoms with Gasteiger partial charge in [0.2, 0.25) is 0 Å². The second-order valence-electron chi connectivity index (χ2n) is 6.76. The Balaban J connectivity index is 1.67. The second-order valence-corrected chi connectivity index (χ2v) is 6.76. The molecule has 0 aliphatic carbocycles. The summed E-state index contributed by atoms with van der Waals surface area (Å²) in [5.41, 5.74) is 1.56. The SMILES string of the molecule is CCOC(=O)/C=C/c1cnn2ccc(N3CCCC3c3cc(F)ccc3F)nc12. The van der Waals surface area contributed by atoms with Crippen molar-refractivity contribution in [2.24, 2.45) is 0 Å². The second kappa shape index (κ2) is 7.98. The molecular formula is C21H20F2N4O2. The maximum absolute atomic E-state index is 14.3. The third-order valence-corrected chi connectivity index (χ3v) is 4.93. The molecule has 0 amide bonds. The van der Waals surface area contributed by atoms with Crippen LogP contribution in [0.3, 0.4) is 0 Å². The van der Waals surface area contributed by atoms with Crippen molar-refractivity contribution in [1.29, 1.82) is 0 Å². The number of anilines is 1. The number of nitrogens with zero attached hydrogens (tertiary/aromatic N) is 4. The Bertz CT molecular complexity index is 1080. The average molecular weight is 398 g/mol. The van der Waals surface area contributed by atoms with E-state index in [0.29, 0.717) is 42.2 Å². The molecule has 29 heavy (non-hydrogen) atoms. The van der Waals surface area contributed by atoms with E-state index in [2.05, 4.69) is 10.1 Å². The van der Waals surface area contributed by atoms with E-state index in [1.165, 1.54) is 12.1 Å². The Morgan fingerprint density at radius 1 is 1.34 bits per heavy atom. The maximum Gasteiger partial charge on any atom is 0.330 e. The quantitative estimate of drug-likeness (QED) is 0.482. The molecule has 1 aliphatic heterocycles. The molecule has 3 aromatic rings. The molecule has 1 aliphatic rings. The van der Waals surface area contributed by atoms with Crippen LogP contribution in [0, 0.1) is 11.6 Å². The molecule has 1 aromatic carbocycles. The van der Waals surface area contributed by atoms with Gasteiger partial charge in [-0.05, 0) is 50.1 Å². The lowest BCUT2D eigenvalue weighted by atomic mass is 10.0. The van der Waals surface area contributed by atoms with Crippen LogP contribution >= 0.6 is 0 Å². The molecule has 3 heterocycles. The van der Waals surface area contributed by atoms with Gasteiger partial charge in [0.05, 0.1) is 18.8 Å². The van der Waals surface area contributed by atoms with Crippen LogP contribution in [0.5, 0.6) is 0 Å². The Morgan fingerprint density at radius 3 is 3.03 bits per heavy atom. The molecule has 4 rings (SSSR count). The van der Waals surface area contributed by atoms with Crippen LogP contribution in [0.15, 0.2) is 42.7 Å². The highest BCUT2D eigenvalue weighted by molar-refractivity contribution is 5.88.